The quantitative estimate of drug-likeness (QED) is 0.124. The van der Waals surface area contributed by atoms with Crippen molar-refractivity contribution < 1.29 is 47.6 Å². The lowest BCUT2D eigenvalue weighted by molar-refractivity contribution is -0.156. The number of hydrogen-bond donors (Lipinski definition) is 0. The van der Waals surface area contributed by atoms with E-state index in [1.807, 2.05) is 24.3 Å². The number of hydrogen-bond acceptors (Lipinski definition) is 14. The van der Waals surface area contributed by atoms with E-state index in [0.717, 1.165) is 33.4 Å². The van der Waals surface area contributed by atoms with Gasteiger partial charge in [0.2, 0.25) is 0 Å². The summed E-state index contributed by atoms with van der Waals surface area (Å²) in [6, 6.07) is 14.7. The second-order valence-electron chi connectivity index (χ2n) is 9.74. The molecule has 4 atom stereocenters. The Hall–Kier alpha value is -3.20. The van der Waals surface area contributed by atoms with E-state index < -0.39 is 24.1 Å². The summed E-state index contributed by atoms with van der Waals surface area (Å²) < 4.78 is 33.0. The van der Waals surface area contributed by atoms with Gasteiger partial charge in [0.1, 0.15) is 48.4 Å². The number of rotatable bonds is 17. The molecule has 46 heavy (non-hydrogen) atoms. The third-order valence-corrected chi connectivity index (χ3v) is 11.9. The molecule has 0 amide bonds. The van der Waals surface area contributed by atoms with Gasteiger partial charge in [0, 0.05) is 33.8 Å². The highest BCUT2D eigenvalue weighted by Crippen LogP contribution is 2.31. The van der Waals surface area contributed by atoms with Crippen LogP contribution < -0.4 is 9.47 Å². The fraction of sp³-hybridized carbons (Fsp3) is 0.375. The van der Waals surface area contributed by atoms with Gasteiger partial charge in [-0.1, -0.05) is 37.4 Å². The van der Waals surface area contributed by atoms with Crippen LogP contribution >= 0.6 is 47.0 Å². The molecule has 10 nitrogen and oxygen atoms in total. The summed E-state index contributed by atoms with van der Waals surface area (Å²) in [6.45, 7) is 6.58. The van der Waals surface area contributed by atoms with Crippen molar-refractivity contribution in [3.63, 3.8) is 0 Å². The minimum absolute atomic E-state index is 0.00821. The fourth-order valence-electron chi connectivity index (χ4n) is 4.00. The Morgan fingerprint density at radius 1 is 0.652 bits per heavy atom. The molecule has 0 N–H and O–H groups in total. The second kappa shape index (κ2) is 18.8. The molecule has 4 unspecified atom stereocenters. The van der Waals surface area contributed by atoms with Gasteiger partial charge >= 0.3 is 23.9 Å². The predicted octanol–water partition coefficient (Wildman–Crippen LogP) is 5.01. The van der Waals surface area contributed by atoms with Crippen molar-refractivity contribution >= 4 is 70.9 Å². The molecule has 0 spiro atoms. The van der Waals surface area contributed by atoms with E-state index in [1.54, 1.807) is 47.8 Å². The maximum absolute atomic E-state index is 12.3. The smallest absolute Gasteiger partial charge is 0.330 e. The molecule has 2 heterocycles. The van der Waals surface area contributed by atoms with Crippen LogP contribution in [0.3, 0.4) is 0 Å². The lowest BCUT2D eigenvalue weighted by atomic mass is 10.1. The van der Waals surface area contributed by atoms with Gasteiger partial charge in [0.25, 0.3) is 0 Å². The van der Waals surface area contributed by atoms with Crippen LogP contribution in [0.15, 0.2) is 73.8 Å². The van der Waals surface area contributed by atoms with E-state index in [-0.39, 0.29) is 48.9 Å². The topological polar surface area (TPSA) is 124 Å². The van der Waals surface area contributed by atoms with Crippen molar-refractivity contribution in [3.05, 3.63) is 73.8 Å². The van der Waals surface area contributed by atoms with Gasteiger partial charge in [-0.05, 0) is 35.4 Å². The summed E-state index contributed by atoms with van der Waals surface area (Å²) in [7, 11) is 0. The molecule has 0 aromatic heterocycles. The number of ether oxygens (including phenoxy) is 6. The average molecular weight is 707 g/mol. The third kappa shape index (κ3) is 11.6. The number of carbonyl (C=O) groups excluding carboxylic acids is 4. The normalized spacial score (nSPS) is 18.4. The molecule has 246 valence electrons. The van der Waals surface area contributed by atoms with Gasteiger partial charge in [-0.3, -0.25) is 9.59 Å². The van der Waals surface area contributed by atoms with Crippen LogP contribution in [0.1, 0.15) is 0 Å². The lowest BCUT2D eigenvalue weighted by Crippen LogP contribution is -2.32. The minimum atomic E-state index is -0.793. The molecule has 2 aliphatic heterocycles. The van der Waals surface area contributed by atoms with E-state index in [4.69, 9.17) is 28.4 Å². The number of benzene rings is 2. The van der Waals surface area contributed by atoms with Gasteiger partial charge in [-0.25, -0.2) is 9.59 Å². The Morgan fingerprint density at radius 3 is 1.37 bits per heavy atom. The minimum Gasteiger partial charge on any atom is -0.490 e. The van der Waals surface area contributed by atoms with E-state index in [2.05, 4.69) is 13.2 Å². The van der Waals surface area contributed by atoms with Gasteiger partial charge in [-0.2, -0.15) is 0 Å². The van der Waals surface area contributed by atoms with E-state index in [9.17, 15) is 19.2 Å². The summed E-state index contributed by atoms with van der Waals surface area (Å²) in [6.07, 6.45) is 0.509. The highest BCUT2D eigenvalue weighted by atomic mass is 32.2. The number of carbonyl (C=O) groups is 4. The molecule has 2 aromatic rings. The predicted molar refractivity (Wildman–Crippen MR) is 182 cm³/mol. The zero-order chi connectivity index (χ0) is 32.7. The highest BCUT2D eigenvalue weighted by molar-refractivity contribution is 8.20. The molecule has 0 saturated carbocycles. The molecule has 0 bridgehead atoms. The maximum Gasteiger partial charge on any atom is 0.330 e. The first-order valence-corrected chi connectivity index (χ1v) is 18.6. The number of esters is 4. The van der Waals surface area contributed by atoms with Crippen LogP contribution in [-0.2, 0) is 38.1 Å². The molecule has 2 saturated heterocycles. The van der Waals surface area contributed by atoms with Gasteiger partial charge < -0.3 is 28.4 Å². The van der Waals surface area contributed by atoms with Gasteiger partial charge in [-0.15, -0.1) is 47.0 Å². The zero-order valence-electron chi connectivity index (χ0n) is 24.9. The van der Waals surface area contributed by atoms with E-state index in [1.165, 1.54) is 23.5 Å². The van der Waals surface area contributed by atoms with Crippen LogP contribution in [0.4, 0.5) is 0 Å². The van der Waals surface area contributed by atoms with Crippen LogP contribution in [-0.4, -0.2) is 94.7 Å². The van der Waals surface area contributed by atoms with Crippen LogP contribution in [0.5, 0.6) is 11.5 Å². The first-order valence-electron chi connectivity index (χ1n) is 14.2. The highest BCUT2D eigenvalue weighted by Gasteiger charge is 2.28. The SMILES string of the molecule is C=CC(=O)OC(COC(=O)C1CSCS1)COc1ccc(-c2ccc(OCC(COC(=O)C3CSCS3)OC(=O)C=C)cc2)cc1. The van der Waals surface area contributed by atoms with Crippen LogP contribution in [0, 0.1) is 0 Å². The molecule has 2 aromatic carbocycles. The summed E-state index contributed by atoms with van der Waals surface area (Å²) in [5.74, 6) is 0.567. The molecular formula is C32H34O10S4. The lowest BCUT2D eigenvalue weighted by Gasteiger charge is -2.19. The van der Waals surface area contributed by atoms with Crippen molar-refractivity contribution in [3.8, 4) is 22.6 Å². The van der Waals surface area contributed by atoms with Crippen molar-refractivity contribution in [1.82, 2.24) is 0 Å². The molecule has 0 aliphatic carbocycles. The van der Waals surface area contributed by atoms with E-state index in [0.29, 0.717) is 23.0 Å². The van der Waals surface area contributed by atoms with Crippen molar-refractivity contribution in [2.45, 2.75) is 22.7 Å². The monoisotopic (exact) mass is 706 g/mol. The van der Waals surface area contributed by atoms with Crippen LogP contribution in [0.25, 0.3) is 11.1 Å². The summed E-state index contributed by atoms with van der Waals surface area (Å²) in [5, 5.41) is 1.26. The average Bonchev–Trinajstić information content (AvgIpc) is 3.83. The third-order valence-electron chi connectivity index (χ3n) is 6.41. The Balaban J connectivity index is 1.26. The van der Waals surface area contributed by atoms with Gasteiger partial charge in [0.15, 0.2) is 12.2 Å². The Morgan fingerprint density at radius 2 is 1.04 bits per heavy atom. The molecular weight excluding hydrogens is 673 g/mol. The first-order chi connectivity index (χ1) is 22.3. The summed E-state index contributed by atoms with van der Waals surface area (Å²) in [4.78, 5) is 48.1. The first kappa shape index (κ1) is 35.7. The molecule has 2 aliphatic rings. The van der Waals surface area contributed by atoms with Crippen molar-refractivity contribution in [2.75, 3.05) is 48.1 Å². The second-order valence-corrected chi connectivity index (χ2v) is 14.9. The Labute approximate surface area is 284 Å². The number of thioether (sulfide) groups is 4. The standard InChI is InChI=1S/C32H34O10S4/c1-3-29(33)41-25(15-39-31(35)27-17-43-19-45-27)13-37-23-9-5-21(6-10-23)22-7-11-24(12-8-22)38-14-26(42-30(34)4-2)16-40-32(36)28-18-44-20-46-28/h3-12,25-28H,1-2,13-20H2. The molecule has 0 radical (unpaired) electrons. The molecule has 4 rings (SSSR count). The Bertz CT molecular complexity index is 1240. The van der Waals surface area contributed by atoms with Gasteiger partial charge in [0.05, 0.1) is 0 Å². The zero-order valence-corrected chi connectivity index (χ0v) is 28.1. The molecule has 14 heteroatoms. The largest absolute Gasteiger partial charge is 0.490 e. The van der Waals surface area contributed by atoms with Crippen molar-refractivity contribution in [1.29, 1.82) is 0 Å². The van der Waals surface area contributed by atoms with E-state index >= 15 is 0 Å². The Kier molecular flexibility index (Phi) is 14.6. The maximum atomic E-state index is 12.3. The summed E-state index contributed by atoms with van der Waals surface area (Å²) >= 11 is 6.42. The molecule has 2 fully saturated rings. The van der Waals surface area contributed by atoms with Crippen molar-refractivity contribution in [2.24, 2.45) is 0 Å². The fourth-order valence-corrected chi connectivity index (χ4v) is 9.31. The summed E-state index contributed by atoms with van der Waals surface area (Å²) in [5.41, 5.74) is 1.84. The van der Waals surface area contributed by atoms with Crippen LogP contribution in [0.2, 0.25) is 0 Å².